The van der Waals surface area contributed by atoms with Crippen LogP contribution < -0.4 is 14.2 Å². The summed E-state index contributed by atoms with van der Waals surface area (Å²) in [5, 5.41) is 9.85. The van der Waals surface area contributed by atoms with Gasteiger partial charge in [0.25, 0.3) is 0 Å². The summed E-state index contributed by atoms with van der Waals surface area (Å²) in [5.74, 6) is 0.389. The monoisotopic (exact) mass is 310 g/mol. The lowest BCUT2D eigenvalue weighted by Crippen LogP contribution is -2.14. The molecule has 0 bridgehead atoms. The van der Waals surface area contributed by atoms with Crippen LogP contribution in [0.3, 0.4) is 0 Å². The van der Waals surface area contributed by atoms with E-state index in [-0.39, 0.29) is 17.1 Å². The van der Waals surface area contributed by atoms with Gasteiger partial charge in [0.1, 0.15) is 22.8 Å². The van der Waals surface area contributed by atoms with Crippen LogP contribution in [0.5, 0.6) is 17.2 Å². The molecule has 1 N–H and O–H groups in total. The van der Waals surface area contributed by atoms with Crippen LogP contribution in [-0.2, 0) is 4.74 Å². The van der Waals surface area contributed by atoms with Crippen molar-refractivity contribution in [1.29, 1.82) is 0 Å². The summed E-state index contributed by atoms with van der Waals surface area (Å²) in [6.45, 7) is 3.26. The summed E-state index contributed by atoms with van der Waals surface area (Å²) in [7, 11) is 5.64. The van der Waals surface area contributed by atoms with Crippen molar-refractivity contribution < 1.29 is 28.8 Å². The molecule has 0 amide bonds. The van der Waals surface area contributed by atoms with E-state index in [1.807, 2.05) is 0 Å². The summed E-state index contributed by atoms with van der Waals surface area (Å²) in [6.07, 6.45) is 3.20. The van der Waals surface area contributed by atoms with Crippen LogP contribution in [0.4, 0.5) is 0 Å². The topological polar surface area (TPSA) is 74.2 Å². The van der Waals surface area contributed by atoms with Gasteiger partial charge in [0, 0.05) is 6.07 Å². The normalized spacial score (nSPS) is 11.4. The lowest BCUT2D eigenvalue weighted by atomic mass is 10.0. The Labute approximate surface area is 130 Å². The number of hydrogen-bond acceptors (Lipinski definition) is 6. The number of benzene rings is 1. The van der Waals surface area contributed by atoms with Crippen LogP contribution in [0.15, 0.2) is 12.1 Å². The molecule has 0 fully saturated rings. The summed E-state index contributed by atoms with van der Waals surface area (Å²) >= 11 is 0. The highest BCUT2D eigenvalue weighted by Gasteiger charge is 2.25. The molecule has 6 heteroatoms. The first kappa shape index (κ1) is 17.8. The fourth-order valence-electron chi connectivity index (χ4n) is 1.91. The number of ether oxygens (including phenoxy) is 4. The SMILES string of the molecule is COC(=O)c1c(OC)cc(OC)c(/C=C/C(C)(C)O)c1OC. The molecule has 22 heavy (non-hydrogen) atoms. The minimum absolute atomic E-state index is 0.156. The smallest absolute Gasteiger partial charge is 0.345 e. The zero-order valence-corrected chi connectivity index (χ0v) is 13.7. The molecule has 0 spiro atoms. The Bertz CT molecular complexity index is 569. The van der Waals surface area contributed by atoms with Crippen LogP contribution in [0.25, 0.3) is 6.08 Å². The lowest BCUT2D eigenvalue weighted by molar-refractivity contribution is 0.0593. The van der Waals surface area contributed by atoms with E-state index in [1.54, 1.807) is 32.1 Å². The van der Waals surface area contributed by atoms with Gasteiger partial charge in [-0.2, -0.15) is 0 Å². The Kier molecular flexibility index (Phi) is 5.82. The fourth-order valence-corrected chi connectivity index (χ4v) is 1.91. The maximum Gasteiger partial charge on any atom is 0.345 e. The average molecular weight is 310 g/mol. The predicted molar refractivity (Wildman–Crippen MR) is 82.8 cm³/mol. The van der Waals surface area contributed by atoms with Crippen molar-refractivity contribution in [3.05, 3.63) is 23.3 Å². The van der Waals surface area contributed by atoms with Crippen LogP contribution in [0, 0.1) is 0 Å². The molecule has 0 saturated carbocycles. The third kappa shape index (κ3) is 3.92. The van der Waals surface area contributed by atoms with Crippen molar-refractivity contribution >= 4 is 12.0 Å². The third-order valence-corrected chi connectivity index (χ3v) is 2.94. The number of hydrogen-bond donors (Lipinski definition) is 1. The van der Waals surface area contributed by atoms with Crippen LogP contribution >= 0.6 is 0 Å². The van der Waals surface area contributed by atoms with Gasteiger partial charge in [-0.1, -0.05) is 6.08 Å². The molecule has 0 aliphatic heterocycles. The maximum absolute atomic E-state index is 12.0. The minimum Gasteiger partial charge on any atom is -0.496 e. The second kappa shape index (κ2) is 7.17. The zero-order valence-electron chi connectivity index (χ0n) is 13.7. The molecular weight excluding hydrogens is 288 g/mol. The van der Waals surface area contributed by atoms with E-state index in [0.29, 0.717) is 11.3 Å². The highest BCUT2D eigenvalue weighted by atomic mass is 16.5. The van der Waals surface area contributed by atoms with E-state index in [0.717, 1.165) is 0 Å². The number of carbonyl (C=O) groups excluding carboxylic acids is 1. The zero-order chi connectivity index (χ0) is 16.9. The second-order valence-electron chi connectivity index (χ2n) is 5.08. The Morgan fingerprint density at radius 2 is 1.68 bits per heavy atom. The first-order valence-electron chi connectivity index (χ1n) is 6.62. The van der Waals surface area contributed by atoms with Gasteiger partial charge < -0.3 is 24.1 Å². The van der Waals surface area contributed by atoms with Crippen LogP contribution in [-0.4, -0.2) is 45.1 Å². The molecule has 1 aromatic carbocycles. The quantitative estimate of drug-likeness (QED) is 0.813. The van der Waals surface area contributed by atoms with Crippen molar-refractivity contribution in [2.24, 2.45) is 0 Å². The molecule has 0 saturated heterocycles. The van der Waals surface area contributed by atoms with Gasteiger partial charge in [-0.05, 0) is 19.9 Å². The van der Waals surface area contributed by atoms with Gasteiger partial charge in [0.05, 0.1) is 39.6 Å². The summed E-state index contributed by atoms with van der Waals surface area (Å²) < 4.78 is 20.7. The minimum atomic E-state index is -1.03. The van der Waals surface area contributed by atoms with Crippen LogP contribution in [0.1, 0.15) is 29.8 Å². The highest BCUT2D eigenvalue weighted by Crippen LogP contribution is 2.40. The van der Waals surface area contributed by atoms with E-state index in [9.17, 15) is 9.90 Å². The molecule has 0 aliphatic carbocycles. The fraction of sp³-hybridized carbons (Fsp3) is 0.438. The third-order valence-electron chi connectivity index (χ3n) is 2.94. The van der Waals surface area contributed by atoms with Gasteiger partial charge in [-0.15, -0.1) is 0 Å². The Balaban J connectivity index is 3.66. The molecular formula is C16H22O6. The molecule has 6 nitrogen and oxygen atoms in total. The highest BCUT2D eigenvalue weighted by molar-refractivity contribution is 5.98. The molecule has 122 valence electrons. The number of carbonyl (C=O) groups is 1. The van der Waals surface area contributed by atoms with Crippen molar-refractivity contribution in [3.63, 3.8) is 0 Å². The second-order valence-corrected chi connectivity index (χ2v) is 5.08. The van der Waals surface area contributed by atoms with Gasteiger partial charge in [0.2, 0.25) is 0 Å². The first-order chi connectivity index (χ1) is 10.3. The van der Waals surface area contributed by atoms with E-state index in [4.69, 9.17) is 18.9 Å². The Morgan fingerprint density at radius 3 is 2.09 bits per heavy atom. The Hall–Kier alpha value is -2.21. The van der Waals surface area contributed by atoms with Gasteiger partial charge in [-0.3, -0.25) is 0 Å². The van der Waals surface area contributed by atoms with E-state index < -0.39 is 11.6 Å². The number of rotatable bonds is 6. The number of aliphatic hydroxyl groups is 1. The van der Waals surface area contributed by atoms with E-state index in [2.05, 4.69) is 0 Å². The van der Waals surface area contributed by atoms with Crippen molar-refractivity contribution in [1.82, 2.24) is 0 Å². The van der Waals surface area contributed by atoms with Crippen molar-refractivity contribution in [3.8, 4) is 17.2 Å². The lowest BCUT2D eigenvalue weighted by Gasteiger charge is -2.18. The molecule has 0 atom stereocenters. The van der Waals surface area contributed by atoms with Crippen LogP contribution in [0.2, 0.25) is 0 Å². The van der Waals surface area contributed by atoms with Gasteiger partial charge >= 0.3 is 5.97 Å². The summed E-state index contributed by atoms with van der Waals surface area (Å²) in [6, 6.07) is 1.57. The molecule has 1 rings (SSSR count). The Morgan fingerprint density at radius 1 is 1.09 bits per heavy atom. The molecule has 0 heterocycles. The standard InChI is InChI=1S/C16H22O6/c1-16(2,18)8-7-10-11(19-3)9-12(20-4)13(14(10)21-5)15(17)22-6/h7-9,18H,1-6H3/b8-7+. The maximum atomic E-state index is 12.0. The van der Waals surface area contributed by atoms with Gasteiger partial charge in [-0.25, -0.2) is 4.79 Å². The molecule has 0 aromatic heterocycles. The molecule has 0 radical (unpaired) electrons. The number of esters is 1. The van der Waals surface area contributed by atoms with Crippen molar-refractivity contribution in [2.75, 3.05) is 28.4 Å². The largest absolute Gasteiger partial charge is 0.496 e. The predicted octanol–water partition coefficient (Wildman–Crippen LogP) is 2.28. The molecule has 0 aliphatic rings. The summed E-state index contributed by atoms with van der Waals surface area (Å²) in [4.78, 5) is 12.0. The van der Waals surface area contributed by atoms with E-state index in [1.165, 1.54) is 28.4 Å². The number of methoxy groups -OCH3 is 4. The average Bonchev–Trinajstić information content (AvgIpc) is 2.49. The molecule has 0 unspecified atom stereocenters. The van der Waals surface area contributed by atoms with Crippen molar-refractivity contribution in [2.45, 2.75) is 19.4 Å². The van der Waals surface area contributed by atoms with Gasteiger partial charge in [0.15, 0.2) is 0 Å². The van der Waals surface area contributed by atoms with E-state index >= 15 is 0 Å². The first-order valence-corrected chi connectivity index (χ1v) is 6.62. The molecule has 1 aromatic rings. The summed E-state index contributed by atoms with van der Waals surface area (Å²) in [5.41, 5.74) is -0.363.